The maximum atomic E-state index is 15.2. The third kappa shape index (κ3) is 4.52. The van der Waals surface area contributed by atoms with Crippen molar-refractivity contribution in [2.24, 2.45) is 18.9 Å². The Hall–Kier alpha value is -4.28. The number of hydrogen-bond donors (Lipinski definition) is 1. The van der Waals surface area contributed by atoms with Gasteiger partial charge in [-0.3, -0.25) is 9.48 Å². The fraction of sp³-hybridized carbons (Fsp3) is 0.346. The van der Waals surface area contributed by atoms with Gasteiger partial charge in [0.15, 0.2) is 17.4 Å². The molecule has 0 radical (unpaired) electrons. The van der Waals surface area contributed by atoms with Crippen LogP contribution in [0.3, 0.4) is 0 Å². The third-order valence-electron chi connectivity index (χ3n) is 6.76. The van der Waals surface area contributed by atoms with Gasteiger partial charge in [-0.05, 0) is 31.2 Å². The maximum Gasteiger partial charge on any atom is 0.276 e. The van der Waals surface area contributed by atoms with Crippen molar-refractivity contribution in [2.75, 3.05) is 20.0 Å². The molecule has 10 nitrogen and oxygen atoms in total. The van der Waals surface area contributed by atoms with Crippen LogP contribution in [0.5, 0.6) is 11.5 Å². The Balaban J connectivity index is 1.61. The van der Waals surface area contributed by atoms with E-state index < -0.39 is 11.4 Å². The quantitative estimate of drug-likeness (QED) is 0.405. The number of nitrogens with zero attached hydrogens (tertiary/aromatic N) is 6. The minimum Gasteiger partial charge on any atom is -0.497 e. The van der Waals surface area contributed by atoms with Crippen LogP contribution in [0.25, 0.3) is 33.9 Å². The van der Waals surface area contributed by atoms with Crippen molar-refractivity contribution >= 4 is 5.82 Å². The fourth-order valence-corrected chi connectivity index (χ4v) is 4.38. The minimum atomic E-state index is -0.731. The highest BCUT2D eigenvalue weighted by Gasteiger charge is 2.33. The lowest BCUT2D eigenvalue weighted by Gasteiger charge is -2.13. The number of rotatable bonds is 7. The molecule has 0 spiro atoms. The normalized spacial score (nSPS) is 16.6. The van der Waals surface area contributed by atoms with Crippen molar-refractivity contribution in [3.05, 3.63) is 52.6 Å². The van der Waals surface area contributed by atoms with Crippen LogP contribution >= 0.6 is 0 Å². The first-order valence-electron chi connectivity index (χ1n) is 11.9. The van der Waals surface area contributed by atoms with Gasteiger partial charge in [0, 0.05) is 43.2 Å². The van der Waals surface area contributed by atoms with Gasteiger partial charge in [0.1, 0.15) is 22.8 Å². The summed E-state index contributed by atoms with van der Waals surface area (Å²) >= 11 is 0. The number of ether oxygens (including phenoxy) is 2. The highest BCUT2D eigenvalue weighted by Crippen LogP contribution is 2.39. The number of aryl methyl sites for hydroxylation is 2. The molecule has 1 aromatic carbocycles. The Bertz CT molecular complexity index is 1560. The van der Waals surface area contributed by atoms with Crippen LogP contribution in [-0.2, 0) is 13.6 Å². The molecule has 192 valence electrons. The Morgan fingerprint density at radius 3 is 2.51 bits per heavy atom. The second kappa shape index (κ2) is 9.30. The predicted molar refractivity (Wildman–Crippen MR) is 137 cm³/mol. The average Bonchev–Trinajstić information content (AvgIpc) is 3.45. The number of halogens is 1. The first kappa shape index (κ1) is 24.4. The molecule has 1 aliphatic carbocycles. The van der Waals surface area contributed by atoms with E-state index in [1.807, 2.05) is 17.8 Å². The molecular weight excluding hydrogens is 477 g/mol. The Kier molecular flexibility index (Phi) is 6.14. The second-order valence-electron chi connectivity index (χ2n) is 9.39. The van der Waals surface area contributed by atoms with E-state index in [1.54, 1.807) is 13.2 Å². The van der Waals surface area contributed by atoms with Crippen LogP contribution in [0, 0.1) is 24.6 Å². The summed E-state index contributed by atoms with van der Waals surface area (Å²) in [7, 11) is 4.32. The highest BCUT2D eigenvalue weighted by atomic mass is 19.1. The Labute approximate surface area is 212 Å². The van der Waals surface area contributed by atoms with Crippen LogP contribution in [0.1, 0.15) is 19.0 Å². The van der Waals surface area contributed by atoms with Crippen molar-refractivity contribution in [1.82, 2.24) is 29.3 Å². The molecule has 2 atom stereocenters. The molecule has 0 saturated heterocycles. The number of nitrogen functional groups attached to an aromatic ring is 1. The number of methoxy groups -OCH3 is 2. The summed E-state index contributed by atoms with van der Waals surface area (Å²) in [6.45, 7) is 5.02. The molecule has 0 bridgehead atoms. The first-order chi connectivity index (χ1) is 17.7. The Morgan fingerprint density at radius 1 is 1.11 bits per heavy atom. The zero-order chi connectivity index (χ0) is 26.4. The molecule has 1 aliphatic rings. The molecule has 4 aromatic rings. The largest absolute Gasteiger partial charge is 0.497 e. The van der Waals surface area contributed by atoms with E-state index in [2.05, 4.69) is 22.0 Å². The van der Waals surface area contributed by atoms with Crippen molar-refractivity contribution in [3.63, 3.8) is 0 Å². The van der Waals surface area contributed by atoms with E-state index in [9.17, 15) is 4.79 Å². The van der Waals surface area contributed by atoms with Crippen molar-refractivity contribution in [3.8, 4) is 45.4 Å². The van der Waals surface area contributed by atoms with Crippen LogP contribution in [0.4, 0.5) is 10.2 Å². The average molecular weight is 506 g/mol. The van der Waals surface area contributed by atoms with Gasteiger partial charge in [0.05, 0.1) is 31.8 Å². The van der Waals surface area contributed by atoms with E-state index in [1.165, 1.54) is 43.5 Å². The molecule has 1 unspecified atom stereocenters. The topological polar surface area (TPSA) is 123 Å². The van der Waals surface area contributed by atoms with Crippen LogP contribution in [0.15, 0.2) is 35.5 Å². The number of aromatic nitrogens is 6. The summed E-state index contributed by atoms with van der Waals surface area (Å²) in [4.78, 5) is 26.6. The van der Waals surface area contributed by atoms with Gasteiger partial charge >= 0.3 is 0 Å². The summed E-state index contributed by atoms with van der Waals surface area (Å²) in [5, 5.41) is 4.64. The van der Waals surface area contributed by atoms with Crippen molar-refractivity contribution in [1.29, 1.82) is 0 Å². The highest BCUT2D eigenvalue weighted by molar-refractivity contribution is 5.73. The van der Waals surface area contributed by atoms with Gasteiger partial charge in [-0.25, -0.2) is 19.3 Å². The SMILES string of the molecule is COc1cc(OC)c(F)c(-c2nc(-c3nc(-c4cn(C[C@H]5CC5C)nc4C)cnc3N)cn(C)c2=O)c1. The summed E-state index contributed by atoms with van der Waals surface area (Å²) in [6.07, 6.45) is 6.25. The number of anilines is 1. The van der Waals surface area contributed by atoms with E-state index in [4.69, 9.17) is 20.2 Å². The monoisotopic (exact) mass is 505 g/mol. The smallest absolute Gasteiger partial charge is 0.276 e. The third-order valence-corrected chi connectivity index (χ3v) is 6.76. The zero-order valence-electron chi connectivity index (χ0n) is 21.3. The van der Waals surface area contributed by atoms with E-state index in [0.717, 1.165) is 23.7 Å². The van der Waals surface area contributed by atoms with E-state index in [-0.39, 0.29) is 34.2 Å². The molecule has 1 fully saturated rings. The minimum absolute atomic E-state index is 0.0623. The summed E-state index contributed by atoms with van der Waals surface area (Å²) < 4.78 is 28.8. The van der Waals surface area contributed by atoms with Crippen LogP contribution in [-0.4, -0.2) is 43.5 Å². The molecular formula is C26H28FN7O3. The number of benzene rings is 1. The molecule has 3 aromatic heterocycles. The fourth-order valence-electron chi connectivity index (χ4n) is 4.38. The molecule has 2 N–H and O–H groups in total. The standard InChI is InChI=1S/C26H28FN7O3/c1-13-6-15(13)10-34-11-18(14(2)32-34)19-9-29-25(28)24(30-19)20-12-33(3)26(35)23(31-20)17-7-16(36-4)8-21(37-5)22(17)27/h7-9,11-13,15H,6,10H2,1-5H3,(H2,28,29)/t13?,15-/m1/s1. The van der Waals surface area contributed by atoms with Gasteiger partial charge < -0.3 is 19.8 Å². The molecule has 3 heterocycles. The summed E-state index contributed by atoms with van der Waals surface area (Å²) in [5.41, 5.74) is 8.25. The molecule has 37 heavy (non-hydrogen) atoms. The lowest BCUT2D eigenvalue weighted by Crippen LogP contribution is -2.21. The maximum absolute atomic E-state index is 15.2. The van der Waals surface area contributed by atoms with Crippen LogP contribution in [0.2, 0.25) is 0 Å². The summed E-state index contributed by atoms with van der Waals surface area (Å²) in [5.74, 6) is 1.00. The van der Waals surface area contributed by atoms with E-state index >= 15 is 4.39 Å². The number of hydrogen-bond acceptors (Lipinski definition) is 8. The predicted octanol–water partition coefficient (Wildman–Crippen LogP) is 3.47. The van der Waals surface area contributed by atoms with Gasteiger partial charge in [-0.15, -0.1) is 0 Å². The van der Waals surface area contributed by atoms with Crippen LogP contribution < -0.4 is 20.8 Å². The van der Waals surface area contributed by atoms with Gasteiger partial charge in [0.2, 0.25) is 0 Å². The lowest BCUT2D eigenvalue weighted by molar-refractivity contribution is 0.374. The molecule has 0 aliphatic heterocycles. The van der Waals surface area contributed by atoms with Gasteiger partial charge in [0.25, 0.3) is 5.56 Å². The van der Waals surface area contributed by atoms with Gasteiger partial charge in [-0.1, -0.05) is 6.92 Å². The first-order valence-corrected chi connectivity index (χ1v) is 11.9. The zero-order valence-corrected chi connectivity index (χ0v) is 21.3. The molecule has 1 saturated carbocycles. The second-order valence-corrected chi connectivity index (χ2v) is 9.39. The Morgan fingerprint density at radius 2 is 1.84 bits per heavy atom. The number of nitrogens with two attached hydrogens (primary N) is 1. The van der Waals surface area contributed by atoms with Gasteiger partial charge in [-0.2, -0.15) is 5.10 Å². The van der Waals surface area contributed by atoms with Crippen molar-refractivity contribution < 1.29 is 13.9 Å². The molecule has 5 rings (SSSR count). The van der Waals surface area contributed by atoms with E-state index in [0.29, 0.717) is 17.4 Å². The lowest BCUT2D eigenvalue weighted by atomic mass is 10.1. The summed E-state index contributed by atoms with van der Waals surface area (Å²) in [6, 6.07) is 2.79. The molecule has 11 heteroatoms. The molecule has 0 amide bonds. The van der Waals surface area contributed by atoms with Crippen molar-refractivity contribution in [2.45, 2.75) is 26.8 Å².